The van der Waals surface area contributed by atoms with Gasteiger partial charge in [0.25, 0.3) is 5.91 Å². The van der Waals surface area contributed by atoms with E-state index in [1.54, 1.807) is 0 Å². The molecule has 0 aliphatic carbocycles. The Bertz CT molecular complexity index is 1030. The monoisotopic (exact) mass is 393 g/mol. The maximum Gasteiger partial charge on any atom is 0.253 e. The Kier molecular flexibility index (Phi) is 5.41. The van der Waals surface area contributed by atoms with Crippen molar-refractivity contribution in [3.63, 3.8) is 0 Å². The zero-order valence-corrected chi connectivity index (χ0v) is 17.4. The predicted molar refractivity (Wildman–Crippen MR) is 115 cm³/mol. The SMILES string of the molecule is CCN1CCN(C(=O)c2ccc3c(c2)c(C)c(C)n3Cc2ccc(F)cc2)CC1. The molecular weight excluding hydrogens is 365 g/mol. The summed E-state index contributed by atoms with van der Waals surface area (Å²) in [4.78, 5) is 17.4. The van der Waals surface area contributed by atoms with Gasteiger partial charge in [0, 0.05) is 54.9 Å². The number of halogens is 1. The van der Waals surface area contributed by atoms with Crippen LogP contribution in [0.4, 0.5) is 4.39 Å². The van der Waals surface area contributed by atoms with E-state index in [0.717, 1.165) is 54.8 Å². The third-order valence-electron chi connectivity index (χ3n) is 6.25. The van der Waals surface area contributed by atoms with E-state index in [0.29, 0.717) is 6.54 Å². The van der Waals surface area contributed by atoms with Crippen LogP contribution in [0.5, 0.6) is 0 Å². The quantitative estimate of drug-likeness (QED) is 0.664. The zero-order chi connectivity index (χ0) is 20.5. The number of fused-ring (bicyclic) bond motifs is 1. The van der Waals surface area contributed by atoms with Crippen LogP contribution in [-0.2, 0) is 6.54 Å². The molecule has 3 aromatic rings. The van der Waals surface area contributed by atoms with Gasteiger partial charge in [0.15, 0.2) is 0 Å². The number of nitrogens with zero attached hydrogens (tertiary/aromatic N) is 3. The average Bonchev–Trinajstić information content (AvgIpc) is 2.99. The summed E-state index contributed by atoms with van der Waals surface area (Å²) in [6, 6.07) is 12.7. The summed E-state index contributed by atoms with van der Waals surface area (Å²) in [5.41, 5.74) is 5.28. The maximum atomic E-state index is 13.2. The van der Waals surface area contributed by atoms with Crippen molar-refractivity contribution in [1.29, 1.82) is 0 Å². The Balaban J connectivity index is 1.62. The molecule has 29 heavy (non-hydrogen) atoms. The smallest absolute Gasteiger partial charge is 0.253 e. The first-order valence-electron chi connectivity index (χ1n) is 10.3. The number of carbonyl (C=O) groups is 1. The predicted octanol–water partition coefficient (Wildman–Crippen LogP) is 4.22. The summed E-state index contributed by atoms with van der Waals surface area (Å²) in [5.74, 6) is -0.104. The molecule has 0 N–H and O–H groups in total. The summed E-state index contributed by atoms with van der Waals surface area (Å²) in [5, 5.41) is 1.11. The van der Waals surface area contributed by atoms with Gasteiger partial charge in [-0.2, -0.15) is 0 Å². The molecule has 152 valence electrons. The Morgan fingerprint density at radius 3 is 2.34 bits per heavy atom. The summed E-state index contributed by atoms with van der Waals surface area (Å²) in [6.45, 7) is 11.5. The minimum atomic E-state index is -0.220. The molecule has 4 nitrogen and oxygen atoms in total. The fraction of sp³-hybridized carbons (Fsp3) is 0.375. The molecule has 4 rings (SSSR count). The van der Waals surface area contributed by atoms with Crippen molar-refractivity contribution in [2.24, 2.45) is 0 Å². The van der Waals surface area contributed by atoms with Gasteiger partial charge in [-0.25, -0.2) is 4.39 Å². The van der Waals surface area contributed by atoms with Crippen molar-refractivity contribution in [3.05, 3.63) is 70.7 Å². The van der Waals surface area contributed by atoms with Crippen LogP contribution in [-0.4, -0.2) is 53.0 Å². The van der Waals surface area contributed by atoms with Crippen molar-refractivity contribution >= 4 is 16.8 Å². The van der Waals surface area contributed by atoms with Crippen LogP contribution in [0.3, 0.4) is 0 Å². The van der Waals surface area contributed by atoms with Gasteiger partial charge in [-0.3, -0.25) is 4.79 Å². The molecule has 0 atom stereocenters. The van der Waals surface area contributed by atoms with Crippen molar-refractivity contribution in [2.75, 3.05) is 32.7 Å². The number of amides is 1. The number of aryl methyl sites for hydroxylation is 1. The van der Waals surface area contributed by atoms with Crippen molar-refractivity contribution in [3.8, 4) is 0 Å². The van der Waals surface area contributed by atoms with E-state index >= 15 is 0 Å². The largest absolute Gasteiger partial charge is 0.340 e. The lowest BCUT2D eigenvalue weighted by atomic mass is 10.1. The van der Waals surface area contributed by atoms with Crippen LogP contribution in [0.2, 0.25) is 0 Å². The average molecular weight is 394 g/mol. The Morgan fingerprint density at radius 1 is 1.00 bits per heavy atom. The highest BCUT2D eigenvalue weighted by Crippen LogP contribution is 2.28. The second-order valence-electron chi connectivity index (χ2n) is 7.88. The highest BCUT2D eigenvalue weighted by Gasteiger charge is 2.22. The van der Waals surface area contributed by atoms with Gasteiger partial charge in [0.1, 0.15) is 5.82 Å². The van der Waals surface area contributed by atoms with E-state index in [2.05, 4.69) is 30.2 Å². The normalized spacial score (nSPS) is 15.2. The molecule has 2 heterocycles. The Hall–Kier alpha value is -2.66. The van der Waals surface area contributed by atoms with Crippen molar-refractivity contribution in [1.82, 2.24) is 14.4 Å². The van der Waals surface area contributed by atoms with E-state index in [9.17, 15) is 9.18 Å². The van der Waals surface area contributed by atoms with Gasteiger partial charge in [0.2, 0.25) is 0 Å². The van der Waals surface area contributed by atoms with E-state index < -0.39 is 0 Å². The molecule has 1 aromatic heterocycles. The van der Waals surface area contributed by atoms with Gasteiger partial charge >= 0.3 is 0 Å². The first-order valence-corrected chi connectivity index (χ1v) is 10.3. The van der Waals surface area contributed by atoms with Gasteiger partial charge in [-0.15, -0.1) is 0 Å². The summed E-state index contributed by atoms with van der Waals surface area (Å²) < 4.78 is 15.5. The van der Waals surface area contributed by atoms with Crippen LogP contribution < -0.4 is 0 Å². The lowest BCUT2D eigenvalue weighted by molar-refractivity contribution is 0.0643. The first-order chi connectivity index (χ1) is 14.0. The molecule has 2 aromatic carbocycles. The van der Waals surface area contributed by atoms with Crippen LogP contribution in [0.1, 0.15) is 34.1 Å². The topological polar surface area (TPSA) is 28.5 Å². The number of hydrogen-bond acceptors (Lipinski definition) is 2. The highest BCUT2D eigenvalue weighted by molar-refractivity contribution is 5.99. The Morgan fingerprint density at radius 2 is 1.69 bits per heavy atom. The molecule has 0 unspecified atom stereocenters. The second-order valence-corrected chi connectivity index (χ2v) is 7.88. The fourth-order valence-corrected chi connectivity index (χ4v) is 4.21. The summed E-state index contributed by atoms with van der Waals surface area (Å²) in [6.07, 6.45) is 0. The van der Waals surface area contributed by atoms with Gasteiger partial charge in [-0.05, 0) is 61.9 Å². The molecule has 0 radical (unpaired) electrons. The number of rotatable bonds is 4. The van der Waals surface area contributed by atoms with Crippen molar-refractivity contribution in [2.45, 2.75) is 27.3 Å². The molecule has 0 spiro atoms. The van der Waals surface area contributed by atoms with Crippen LogP contribution >= 0.6 is 0 Å². The van der Waals surface area contributed by atoms with Crippen LogP contribution in [0.25, 0.3) is 10.9 Å². The third kappa shape index (κ3) is 3.79. The van der Waals surface area contributed by atoms with E-state index in [4.69, 9.17) is 0 Å². The molecule has 1 fully saturated rings. The van der Waals surface area contributed by atoms with E-state index in [1.807, 2.05) is 35.2 Å². The molecule has 1 aliphatic rings. The number of likely N-dealkylation sites (N-methyl/N-ethyl adjacent to an activating group) is 1. The number of hydrogen-bond donors (Lipinski definition) is 0. The van der Waals surface area contributed by atoms with Crippen molar-refractivity contribution < 1.29 is 9.18 Å². The summed E-state index contributed by atoms with van der Waals surface area (Å²) in [7, 11) is 0. The second kappa shape index (κ2) is 7.99. The number of aromatic nitrogens is 1. The first kappa shape index (κ1) is 19.6. The maximum absolute atomic E-state index is 13.2. The van der Waals surface area contributed by atoms with Gasteiger partial charge < -0.3 is 14.4 Å². The number of carbonyl (C=O) groups excluding carboxylic acids is 1. The zero-order valence-electron chi connectivity index (χ0n) is 17.4. The van der Waals surface area contributed by atoms with E-state index in [-0.39, 0.29) is 11.7 Å². The van der Waals surface area contributed by atoms with E-state index in [1.165, 1.54) is 23.4 Å². The minimum absolute atomic E-state index is 0.117. The van der Waals surface area contributed by atoms with Gasteiger partial charge in [0.05, 0.1) is 0 Å². The molecule has 1 aliphatic heterocycles. The summed E-state index contributed by atoms with van der Waals surface area (Å²) >= 11 is 0. The lowest BCUT2D eigenvalue weighted by Gasteiger charge is -2.34. The third-order valence-corrected chi connectivity index (χ3v) is 6.25. The standard InChI is InChI=1S/C24H28FN3O/c1-4-26-11-13-27(14-12-26)24(29)20-7-10-23-22(15-20)17(2)18(3)28(23)16-19-5-8-21(25)9-6-19/h5-10,15H,4,11-14,16H2,1-3H3. The minimum Gasteiger partial charge on any atom is -0.340 e. The Labute approximate surface area is 171 Å². The lowest BCUT2D eigenvalue weighted by Crippen LogP contribution is -2.48. The highest BCUT2D eigenvalue weighted by atomic mass is 19.1. The molecule has 0 bridgehead atoms. The molecule has 1 amide bonds. The number of piperazine rings is 1. The molecule has 1 saturated heterocycles. The molecule has 0 saturated carbocycles. The molecule has 5 heteroatoms. The fourth-order valence-electron chi connectivity index (χ4n) is 4.21. The molecular formula is C24H28FN3O. The number of benzene rings is 2. The van der Waals surface area contributed by atoms with Crippen LogP contribution in [0.15, 0.2) is 42.5 Å². The van der Waals surface area contributed by atoms with Gasteiger partial charge in [-0.1, -0.05) is 19.1 Å². The van der Waals surface area contributed by atoms with Crippen LogP contribution in [0, 0.1) is 19.7 Å².